The van der Waals surface area contributed by atoms with Crippen molar-refractivity contribution in [1.82, 2.24) is 4.57 Å². The van der Waals surface area contributed by atoms with Crippen molar-refractivity contribution in [2.75, 3.05) is 0 Å². The lowest BCUT2D eigenvalue weighted by Crippen LogP contribution is -1.96. The summed E-state index contributed by atoms with van der Waals surface area (Å²) in [6.07, 6.45) is 0.847. The maximum Gasteiger partial charge on any atom is 0.110 e. The van der Waals surface area contributed by atoms with Crippen molar-refractivity contribution in [2.24, 2.45) is 7.05 Å². The fourth-order valence-corrected chi connectivity index (χ4v) is 2.43. The van der Waals surface area contributed by atoms with Gasteiger partial charge in [-0.15, -0.1) is 0 Å². The highest BCUT2D eigenvalue weighted by Gasteiger charge is 2.09. The van der Waals surface area contributed by atoms with Crippen LogP contribution in [0.25, 0.3) is 10.9 Å². The van der Waals surface area contributed by atoms with E-state index in [1.165, 1.54) is 22.2 Å². The van der Waals surface area contributed by atoms with Gasteiger partial charge in [0, 0.05) is 24.7 Å². The highest BCUT2D eigenvalue weighted by molar-refractivity contribution is 5.81. The molecule has 0 fully saturated rings. The number of hydrogen-bond acceptors (Lipinski definition) is 1. The Bertz CT molecular complexity index is 684. The van der Waals surface area contributed by atoms with Crippen molar-refractivity contribution in [3.05, 3.63) is 59.2 Å². The molecular weight excluding hydrogens is 222 g/mol. The standard InChI is InChI=1S/C16H17NO/c1-11-8-15(18-12(11)2)10-14-9-13-6-4-5-7-16(13)17(14)3/h4-9H,10H2,1-3H3. The van der Waals surface area contributed by atoms with Crippen LogP contribution >= 0.6 is 0 Å². The lowest BCUT2D eigenvalue weighted by molar-refractivity contribution is 0.488. The van der Waals surface area contributed by atoms with Crippen LogP contribution in [0.15, 0.2) is 40.8 Å². The number of aromatic nitrogens is 1. The molecule has 92 valence electrons. The fraction of sp³-hybridized carbons (Fsp3) is 0.250. The molecule has 0 spiro atoms. The van der Waals surface area contributed by atoms with Crippen LogP contribution in [-0.2, 0) is 13.5 Å². The van der Waals surface area contributed by atoms with Crippen molar-refractivity contribution < 1.29 is 4.42 Å². The van der Waals surface area contributed by atoms with Gasteiger partial charge in [-0.25, -0.2) is 0 Å². The molecule has 0 aliphatic carbocycles. The molecule has 2 nitrogen and oxygen atoms in total. The van der Waals surface area contributed by atoms with Gasteiger partial charge in [0.05, 0.1) is 0 Å². The smallest absolute Gasteiger partial charge is 0.110 e. The van der Waals surface area contributed by atoms with Crippen LogP contribution in [0.2, 0.25) is 0 Å². The average molecular weight is 239 g/mol. The van der Waals surface area contributed by atoms with Gasteiger partial charge in [0.15, 0.2) is 0 Å². The predicted octanol–water partition coefficient (Wildman–Crippen LogP) is 3.98. The van der Waals surface area contributed by atoms with Crippen molar-refractivity contribution in [3.63, 3.8) is 0 Å². The molecule has 0 atom stereocenters. The molecule has 0 saturated carbocycles. The molecule has 0 radical (unpaired) electrons. The number of fused-ring (bicyclic) bond motifs is 1. The molecule has 0 unspecified atom stereocenters. The fourth-order valence-electron chi connectivity index (χ4n) is 2.43. The minimum absolute atomic E-state index is 0.847. The SMILES string of the molecule is Cc1cc(Cc2cc3ccccc3n2C)oc1C. The number of hydrogen-bond donors (Lipinski definition) is 0. The minimum Gasteiger partial charge on any atom is -0.466 e. The Balaban J connectivity index is 2.02. The summed E-state index contributed by atoms with van der Waals surface area (Å²) in [6.45, 7) is 4.10. The second kappa shape index (κ2) is 4.05. The number of para-hydroxylation sites is 1. The van der Waals surface area contributed by atoms with E-state index >= 15 is 0 Å². The molecule has 1 aromatic carbocycles. The molecule has 18 heavy (non-hydrogen) atoms. The third-order valence-corrected chi connectivity index (χ3v) is 3.62. The van der Waals surface area contributed by atoms with Crippen molar-refractivity contribution in [1.29, 1.82) is 0 Å². The molecule has 2 heteroatoms. The minimum atomic E-state index is 0.847. The topological polar surface area (TPSA) is 18.1 Å². The van der Waals surface area contributed by atoms with E-state index in [9.17, 15) is 0 Å². The first-order valence-electron chi connectivity index (χ1n) is 6.24. The molecular formula is C16H17NO. The molecule has 2 aromatic heterocycles. The van der Waals surface area contributed by atoms with Gasteiger partial charge < -0.3 is 8.98 Å². The van der Waals surface area contributed by atoms with Gasteiger partial charge in [0.25, 0.3) is 0 Å². The summed E-state index contributed by atoms with van der Waals surface area (Å²) in [6, 6.07) is 12.8. The zero-order valence-electron chi connectivity index (χ0n) is 11.0. The second-order valence-electron chi connectivity index (χ2n) is 4.88. The summed E-state index contributed by atoms with van der Waals surface area (Å²) >= 11 is 0. The number of rotatable bonds is 2. The number of benzene rings is 1. The van der Waals surface area contributed by atoms with Gasteiger partial charge >= 0.3 is 0 Å². The summed E-state index contributed by atoms with van der Waals surface area (Å²) < 4.78 is 7.99. The van der Waals surface area contributed by atoms with Crippen LogP contribution < -0.4 is 0 Å². The lowest BCUT2D eigenvalue weighted by atomic mass is 10.2. The molecule has 3 aromatic rings. The molecule has 0 aliphatic heterocycles. The van der Waals surface area contributed by atoms with E-state index in [2.05, 4.69) is 54.9 Å². The van der Waals surface area contributed by atoms with Crippen molar-refractivity contribution in [3.8, 4) is 0 Å². The van der Waals surface area contributed by atoms with E-state index in [1.807, 2.05) is 6.92 Å². The summed E-state index contributed by atoms with van der Waals surface area (Å²) in [5, 5.41) is 1.29. The first-order chi connectivity index (χ1) is 8.65. The Hall–Kier alpha value is -1.96. The first kappa shape index (κ1) is 11.1. The van der Waals surface area contributed by atoms with Crippen LogP contribution in [0, 0.1) is 13.8 Å². The Morgan fingerprint density at radius 2 is 1.89 bits per heavy atom. The van der Waals surface area contributed by atoms with Gasteiger partial charge in [-0.05, 0) is 43.0 Å². The molecule has 0 amide bonds. The zero-order chi connectivity index (χ0) is 12.7. The van der Waals surface area contributed by atoms with E-state index < -0.39 is 0 Å². The summed E-state index contributed by atoms with van der Waals surface area (Å²) in [7, 11) is 2.11. The lowest BCUT2D eigenvalue weighted by Gasteiger charge is -2.02. The molecule has 2 heterocycles. The van der Waals surface area contributed by atoms with Gasteiger partial charge in [-0.2, -0.15) is 0 Å². The van der Waals surface area contributed by atoms with Crippen LogP contribution in [0.3, 0.4) is 0 Å². The second-order valence-corrected chi connectivity index (χ2v) is 4.88. The Labute approximate surface area is 107 Å². The van der Waals surface area contributed by atoms with E-state index in [-0.39, 0.29) is 0 Å². The van der Waals surface area contributed by atoms with Crippen molar-refractivity contribution >= 4 is 10.9 Å². The molecule has 0 aliphatic rings. The van der Waals surface area contributed by atoms with Crippen LogP contribution in [0.5, 0.6) is 0 Å². The largest absolute Gasteiger partial charge is 0.466 e. The Kier molecular flexibility index (Phi) is 2.51. The third kappa shape index (κ3) is 1.74. The van der Waals surface area contributed by atoms with Crippen LogP contribution in [0.4, 0.5) is 0 Å². The first-order valence-corrected chi connectivity index (χ1v) is 6.24. The molecule has 0 N–H and O–H groups in total. The van der Waals surface area contributed by atoms with Crippen LogP contribution in [-0.4, -0.2) is 4.57 Å². The maximum absolute atomic E-state index is 5.76. The predicted molar refractivity (Wildman–Crippen MR) is 73.9 cm³/mol. The van der Waals surface area contributed by atoms with Gasteiger partial charge in [-0.1, -0.05) is 18.2 Å². The van der Waals surface area contributed by atoms with E-state index in [0.717, 1.165) is 17.9 Å². The van der Waals surface area contributed by atoms with E-state index in [0.29, 0.717) is 0 Å². The van der Waals surface area contributed by atoms with Gasteiger partial charge in [0.2, 0.25) is 0 Å². The highest BCUT2D eigenvalue weighted by Crippen LogP contribution is 2.22. The van der Waals surface area contributed by atoms with Crippen LogP contribution in [0.1, 0.15) is 22.8 Å². The molecule has 3 rings (SSSR count). The zero-order valence-corrected chi connectivity index (χ0v) is 11.0. The summed E-state index contributed by atoms with van der Waals surface area (Å²) in [5.74, 6) is 2.06. The Morgan fingerprint density at radius 1 is 1.11 bits per heavy atom. The number of furan rings is 1. The number of nitrogens with zero attached hydrogens (tertiary/aromatic N) is 1. The molecule has 0 saturated heterocycles. The van der Waals surface area contributed by atoms with Gasteiger partial charge in [0.1, 0.15) is 11.5 Å². The average Bonchev–Trinajstić information content (AvgIpc) is 2.83. The normalized spacial score (nSPS) is 11.3. The highest BCUT2D eigenvalue weighted by atomic mass is 16.3. The van der Waals surface area contributed by atoms with Gasteiger partial charge in [-0.3, -0.25) is 0 Å². The third-order valence-electron chi connectivity index (χ3n) is 3.62. The maximum atomic E-state index is 5.76. The molecule has 0 bridgehead atoms. The Morgan fingerprint density at radius 3 is 2.56 bits per heavy atom. The van der Waals surface area contributed by atoms with E-state index in [1.54, 1.807) is 0 Å². The quantitative estimate of drug-likeness (QED) is 0.661. The van der Waals surface area contributed by atoms with Crippen molar-refractivity contribution in [2.45, 2.75) is 20.3 Å². The summed E-state index contributed by atoms with van der Waals surface area (Å²) in [5.41, 5.74) is 3.78. The number of aryl methyl sites for hydroxylation is 3. The van der Waals surface area contributed by atoms with E-state index in [4.69, 9.17) is 4.42 Å². The monoisotopic (exact) mass is 239 g/mol. The summed E-state index contributed by atoms with van der Waals surface area (Å²) in [4.78, 5) is 0.